The smallest absolute Gasteiger partial charge is 0.310 e. The van der Waals surface area contributed by atoms with E-state index in [2.05, 4.69) is 37.3 Å². The van der Waals surface area contributed by atoms with Gasteiger partial charge in [0.15, 0.2) is 0 Å². The molecule has 0 heterocycles. The molecule has 2 rings (SSSR count). The number of carboxylic acid groups (broad SMARTS) is 1. The molecule has 0 aromatic heterocycles. The molecule has 1 saturated carbocycles. The first kappa shape index (κ1) is 19.8. The van der Waals surface area contributed by atoms with Crippen LogP contribution in [0.15, 0.2) is 42.5 Å². The van der Waals surface area contributed by atoms with Gasteiger partial charge in [-0.1, -0.05) is 75.1 Å². The lowest BCUT2D eigenvalue weighted by Gasteiger charge is -2.42. The van der Waals surface area contributed by atoms with Crippen LogP contribution in [0.2, 0.25) is 0 Å². The summed E-state index contributed by atoms with van der Waals surface area (Å²) in [6, 6.07) is 10.4. The van der Waals surface area contributed by atoms with Crippen LogP contribution in [0.5, 0.6) is 0 Å². The van der Waals surface area contributed by atoms with Crippen molar-refractivity contribution in [3.8, 4) is 0 Å². The van der Waals surface area contributed by atoms with Gasteiger partial charge in [0.2, 0.25) is 0 Å². The highest BCUT2D eigenvalue weighted by atomic mass is 16.4. The van der Waals surface area contributed by atoms with Crippen molar-refractivity contribution in [3.05, 3.63) is 48.0 Å². The molecule has 138 valence electrons. The van der Waals surface area contributed by atoms with Gasteiger partial charge in [-0.05, 0) is 50.5 Å². The Kier molecular flexibility index (Phi) is 7.74. The molecule has 2 heteroatoms. The van der Waals surface area contributed by atoms with E-state index in [1.165, 1.54) is 18.4 Å². The molecule has 2 unspecified atom stereocenters. The number of allylic oxidation sites excluding steroid dienone is 2. The average Bonchev–Trinajstić information content (AvgIpc) is 3.16. The first-order chi connectivity index (χ1) is 12.2. The molecule has 1 fully saturated rings. The number of benzene rings is 1. The fraction of sp³-hybridized carbons (Fsp3) is 0.609. The van der Waals surface area contributed by atoms with Gasteiger partial charge in [0.1, 0.15) is 0 Å². The minimum Gasteiger partial charge on any atom is -0.481 e. The number of rotatable bonds is 10. The highest BCUT2D eigenvalue weighted by Gasteiger charge is 2.51. The van der Waals surface area contributed by atoms with Crippen molar-refractivity contribution in [3.63, 3.8) is 0 Å². The topological polar surface area (TPSA) is 37.3 Å². The van der Waals surface area contributed by atoms with Crippen molar-refractivity contribution >= 4 is 5.97 Å². The molecular weight excluding hydrogens is 308 g/mol. The lowest BCUT2D eigenvalue weighted by Crippen LogP contribution is -2.43. The Morgan fingerprint density at radius 2 is 1.96 bits per heavy atom. The summed E-state index contributed by atoms with van der Waals surface area (Å²) in [6.45, 7) is 4.21. The predicted octanol–water partition coefficient (Wildman–Crippen LogP) is 6.58. The molecule has 1 aliphatic carbocycles. The standard InChI is InChI=1S/C23H34O2/c1-3-5-12-18-23(22(24)25,20-15-10-11-16-20)21(17-6-4-2)19-13-8-7-9-14-19/h3,5,7-9,13-14,20-21H,4,6,10-12,15-18H2,1-2H3,(H,24,25)/b5-3+. The molecule has 2 atom stereocenters. The van der Waals surface area contributed by atoms with Gasteiger partial charge in [0, 0.05) is 5.92 Å². The maximum absolute atomic E-state index is 12.8. The lowest BCUT2D eigenvalue weighted by atomic mass is 9.60. The number of unbranched alkanes of at least 4 members (excludes halogenated alkanes) is 1. The van der Waals surface area contributed by atoms with Gasteiger partial charge in [-0.15, -0.1) is 0 Å². The third-order valence-electron chi connectivity index (χ3n) is 6.11. The lowest BCUT2D eigenvalue weighted by molar-refractivity contribution is -0.155. The molecule has 1 N–H and O–H groups in total. The highest BCUT2D eigenvalue weighted by Crippen LogP contribution is 2.54. The fourth-order valence-electron chi connectivity index (χ4n) is 4.84. The van der Waals surface area contributed by atoms with Crippen LogP contribution in [-0.2, 0) is 4.79 Å². The molecule has 0 radical (unpaired) electrons. The maximum Gasteiger partial charge on any atom is 0.310 e. The summed E-state index contributed by atoms with van der Waals surface area (Å²) in [5, 5.41) is 10.5. The third kappa shape index (κ3) is 4.54. The summed E-state index contributed by atoms with van der Waals surface area (Å²) in [5.74, 6) is -0.161. The molecule has 2 nitrogen and oxygen atoms in total. The van der Waals surface area contributed by atoms with Crippen LogP contribution in [-0.4, -0.2) is 11.1 Å². The van der Waals surface area contributed by atoms with Gasteiger partial charge in [-0.2, -0.15) is 0 Å². The predicted molar refractivity (Wildman–Crippen MR) is 105 cm³/mol. The largest absolute Gasteiger partial charge is 0.481 e. The van der Waals surface area contributed by atoms with Crippen LogP contribution in [0.4, 0.5) is 0 Å². The molecule has 0 aliphatic heterocycles. The first-order valence-electron chi connectivity index (χ1n) is 10.1. The summed E-state index contributed by atoms with van der Waals surface area (Å²) < 4.78 is 0. The quantitative estimate of drug-likeness (QED) is 0.488. The van der Waals surface area contributed by atoms with Crippen LogP contribution in [0.25, 0.3) is 0 Å². The van der Waals surface area contributed by atoms with Crippen LogP contribution in [0, 0.1) is 11.3 Å². The number of hydrogen-bond acceptors (Lipinski definition) is 1. The van der Waals surface area contributed by atoms with Crippen molar-refractivity contribution in [2.24, 2.45) is 11.3 Å². The molecule has 25 heavy (non-hydrogen) atoms. The van der Waals surface area contributed by atoms with Crippen LogP contribution < -0.4 is 0 Å². The zero-order valence-corrected chi connectivity index (χ0v) is 15.9. The Hall–Kier alpha value is -1.57. The van der Waals surface area contributed by atoms with E-state index in [1.54, 1.807) is 0 Å². The average molecular weight is 343 g/mol. The van der Waals surface area contributed by atoms with E-state index in [-0.39, 0.29) is 5.92 Å². The van der Waals surface area contributed by atoms with Gasteiger partial charge >= 0.3 is 5.97 Å². The Balaban J connectivity index is 2.47. The van der Waals surface area contributed by atoms with Crippen molar-refractivity contribution in [1.82, 2.24) is 0 Å². The molecule has 1 aromatic carbocycles. The van der Waals surface area contributed by atoms with Gasteiger partial charge in [0.25, 0.3) is 0 Å². The van der Waals surface area contributed by atoms with E-state index in [9.17, 15) is 9.90 Å². The maximum atomic E-state index is 12.8. The zero-order chi connectivity index (χ0) is 18.1. The van der Waals surface area contributed by atoms with E-state index in [0.29, 0.717) is 5.92 Å². The number of carbonyl (C=O) groups is 1. The van der Waals surface area contributed by atoms with Gasteiger partial charge < -0.3 is 5.11 Å². The van der Waals surface area contributed by atoms with E-state index >= 15 is 0 Å². The summed E-state index contributed by atoms with van der Waals surface area (Å²) in [4.78, 5) is 12.8. The summed E-state index contributed by atoms with van der Waals surface area (Å²) >= 11 is 0. The van der Waals surface area contributed by atoms with Crippen LogP contribution >= 0.6 is 0 Å². The van der Waals surface area contributed by atoms with Gasteiger partial charge in [-0.25, -0.2) is 0 Å². The minimum absolute atomic E-state index is 0.111. The second kappa shape index (κ2) is 9.79. The van der Waals surface area contributed by atoms with E-state index < -0.39 is 11.4 Å². The Labute approximate surface area is 153 Å². The molecule has 1 aromatic rings. The van der Waals surface area contributed by atoms with Crippen molar-refractivity contribution in [2.75, 3.05) is 0 Å². The van der Waals surface area contributed by atoms with Crippen molar-refractivity contribution in [1.29, 1.82) is 0 Å². The second-order valence-corrected chi connectivity index (χ2v) is 7.54. The summed E-state index contributed by atoms with van der Waals surface area (Å²) in [6.07, 6.45) is 13.4. The minimum atomic E-state index is -0.632. The Morgan fingerprint density at radius 1 is 1.28 bits per heavy atom. The van der Waals surface area contributed by atoms with E-state index in [0.717, 1.165) is 44.9 Å². The van der Waals surface area contributed by atoms with Crippen molar-refractivity contribution < 1.29 is 9.90 Å². The SMILES string of the molecule is C/C=C/CCC(C(=O)O)(C1CCCC1)C(CCCC)c1ccccc1. The number of aliphatic carboxylic acids is 1. The van der Waals surface area contributed by atoms with E-state index in [4.69, 9.17) is 0 Å². The van der Waals surface area contributed by atoms with E-state index in [1.807, 2.05) is 19.1 Å². The number of carboxylic acids is 1. The summed E-state index contributed by atoms with van der Waals surface area (Å²) in [7, 11) is 0. The van der Waals surface area contributed by atoms with Crippen LogP contribution in [0.3, 0.4) is 0 Å². The fourth-order valence-corrected chi connectivity index (χ4v) is 4.84. The Morgan fingerprint density at radius 3 is 2.52 bits per heavy atom. The molecule has 0 spiro atoms. The normalized spacial score (nSPS) is 19.1. The molecular formula is C23H34O2. The zero-order valence-electron chi connectivity index (χ0n) is 15.9. The summed E-state index contributed by atoms with van der Waals surface area (Å²) in [5.41, 5.74) is 0.581. The molecule has 0 amide bonds. The van der Waals surface area contributed by atoms with Crippen LogP contribution in [0.1, 0.15) is 83.1 Å². The highest BCUT2D eigenvalue weighted by molar-refractivity contribution is 5.77. The first-order valence-corrected chi connectivity index (χ1v) is 10.1. The Bertz CT molecular complexity index is 542. The monoisotopic (exact) mass is 342 g/mol. The van der Waals surface area contributed by atoms with Gasteiger partial charge in [-0.3, -0.25) is 4.79 Å². The van der Waals surface area contributed by atoms with Crippen molar-refractivity contribution in [2.45, 2.75) is 77.6 Å². The molecule has 0 saturated heterocycles. The van der Waals surface area contributed by atoms with Gasteiger partial charge in [0.05, 0.1) is 5.41 Å². The number of hydrogen-bond donors (Lipinski definition) is 1. The third-order valence-corrected chi connectivity index (χ3v) is 6.11. The molecule has 0 bridgehead atoms. The second-order valence-electron chi connectivity index (χ2n) is 7.54. The molecule has 1 aliphatic rings.